The second-order valence-corrected chi connectivity index (χ2v) is 6.50. The van der Waals surface area contributed by atoms with Gasteiger partial charge in [-0.1, -0.05) is 12.1 Å². The summed E-state index contributed by atoms with van der Waals surface area (Å²) in [4.78, 5) is 0. The molecular formula is C12H19NO3S. The Morgan fingerprint density at radius 1 is 1.24 bits per heavy atom. The summed E-state index contributed by atoms with van der Waals surface area (Å²) in [5, 5.41) is 0. The Hall–Kier alpha value is -1.07. The van der Waals surface area contributed by atoms with Gasteiger partial charge < -0.3 is 10.5 Å². The Balaban J connectivity index is 2.78. The van der Waals surface area contributed by atoms with Crippen LogP contribution in [0.15, 0.2) is 12.1 Å². The van der Waals surface area contributed by atoms with Gasteiger partial charge in [0.1, 0.15) is 12.4 Å². The van der Waals surface area contributed by atoms with Crippen molar-refractivity contribution in [3.8, 4) is 5.75 Å². The normalized spacial score (nSPS) is 11.5. The molecule has 17 heavy (non-hydrogen) atoms. The standard InChI is InChI=1S/C12H19NO3S/c1-9-6-11(8-13)7-10(2)12(9)16-4-5-17(3,14)15/h6-7H,4-5,8,13H2,1-3H3. The van der Waals surface area contributed by atoms with Crippen molar-refractivity contribution >= 4 is 9.84 Å². The van der Waals surface area contributed by atoms with Gasteiger partial charge in [0.05, 0.1) is 5.75 Å². The molecule has 4 nitrogen and oxygen atoms in total. The molecule has 1 aromatic rings. The largest absolute Gasteiger partial charge is 0.492 e. The van der Waals surface area contributed by atoms with E-state index in [-0.39, 0.29) is 12.4 Å². The highest BCUT2D eigenvalue weighted by Crippen LogP contribution is 2.24. The minimum absolute atomic E-state index is 0.0323. The highest BCUT2D eigenvalue weighted by Gasteiger charge is 2.08. The molecule has 0 aromatic heterocycles. The Labute approximate surface area is 103 Å². The summed E-state index contributed by atoms with van der Waals surface area (Å²) in [6, 6.07) is 3.92. The molecule has 0 aliphatic carbocycles. The predicted octanol–water partition coefficient (Wildman–Crippen LogP) is 1.19. The van der Waals surface area contributed by atoms with Crippen LogP contribution in [0.1, 0.15) is 16.7 Å². The van der Waals surface area contributed by atoms with Gasteiger partial charge in [0, 0.05) is 12.8 Å². The number of hydrogen-bond acceptors (Lipinski definition) is 4. The summed E-state index contributed by atoms with van der Waals surface area (Å²) < 4.78 is 27.5. The highest BCUT2D eigenvalue weighted by atomic mass is 32.2. The van der Waals surface area contributed by atoms with Crippen LogP contribution in [0, 0.1) is 13.8 Å². The Bertz CT molecular complexity index is 471. The van der Waals surface area contributed by atoms with Crippen LogP contribution < -0.4 is 10.5 Å². The first-order valence-electron chi connectivity index (χ1n) is 5.44. The zero-order chi connectivity index (χ0) is 13.1. The Morgan fingerprint density at radius 3 is 2.18 bits per heavy atom. The van der Waals surface area contributed by atoms with Crippen molar-refractivity contribution in [3.05, 3.63) is 28.8 Å². The lowest BCUT2D eigenvalue weighted by molar-refractivity contribution is 0.336. The van der Waals surface area contributed by atoms with Crippen LogP contribution in [-0.4, -0.2) is 27.0 Å². The number of nitrogens with two attached hydrogens (primary N) is 1. The predicted molar refractivity (Wildman–Crippen MR) is 69.0 cm³/mol. The fraction of sp³-hybridized carbons (Fsp3) is 0.500. The molecular weight excluding hydrogens is 238 g/mol. The molecule has 2 N–H and O–H groups in total. The van der Waals surface area contributed by atoms with E-state index in [0.717, 1.165) is 22.4 Å². The summed E-state index contributed by atoms with van der Waals surface area (Å²) in [6.07, 6.45) is 1.20. The van der Waals surface area contributed by atoms with E-state index in [4.69, 9.17) is 10.5 Å². The molecule has 0 heterocycles. The summed E-state index contributed by atoms with van der Waals surface area (Å²) in [5.74, 6) is 0.788. The second-order valence-electron chi connectivity index (χ2n) is 4.24. The maximum Gasteiger partial charge on any atom is 0.150 e. The van der Waals surface area contributed by atoms with Crippen molar-refractivity contribution in [2.24, 2.45) is 5.73 Å². The second kappa shape index (κ2) is 5.51. The molecule has 1 rings (SSSR count). The van der Waals surface area contributed by atoms with Gasteiger partial charge >= 0.3 is 0 Å². The maximum absolute atomic E-state index is 11.0. The zero-order valence-electron chi connectivity index (χ0n) is 10.5. The van der Waals surface area contributed by atoms with Crippen LogP contribution >= 0.6 is 0 Å². The molecule has 96 valence electrons. The molecule has 0 radical (unpaired) electrons. The van der Waals surface area contributed by atoms with Gasteiger partial charge in [-0.2, -0.15) is 0 Å². The smallest absolute Gasteiger partial charge is 0.150 e. The fourth-order valence-corrected chi connectivity index (χ4v) is 2.07. The van der Waals surface area contributed by atoms with Gasteiger partial charge in [-0.25, -0.2) is 8.42 Å². The molecule has 0 unspecified atom stereocenters. The molecule has 0 bridgehead atoms. The average Bonchev–Trinajstić information content (AvgIpc) is 2.20. The quantitative estimate of drug-likeness (QED) is 0.860. The van der Waals surface area contributed by atoms with Crippen LogP contribution in [0.2, 0.25) is 0 Å². The van der Waals surface area contributed by atoms with Crippen LogP contribution in [-0.2, 0) is 16.4 Å². The maximum atomic E-state index is 11.0. The minimum atomic E-state index is -2.98. The van der Waals surface area contributed by atoms with Gasteiger partial charge in [-0.3, -0.25) is 0 Å². The lowest BCUT2D eigenvalue weighted by Gasteiger charge is -2.13. The number of sulfone groups is 1. The molecule has 0 spiro atoms. The number of benzene rings is 1. The van der Waals surface area contributed by atoms with E-state index in [0.29, 0.717) is 6.54 Å². The number of ether oxygens (including phenoxy) is 1. The minimum Gasteiger partial charge on any atom is -0.492 e. The molecule has 0 aliphatic rings. The van der Waals surface area contributed by atoms with Gasteiger partial charge in [0.15, 0.2) is 9.84 Å². The van der Waals surface area contributed by atoms with E-state index in [1.165, 1.54) is 6.26 Å². The molecule has 5 heteroatoms. The van der Waals surface area contributed by atoms with Gasteiger partial charge in [-0.15, -0.1) is 0 Å². The van der Waals surface area contributed by atoms with Crippen molar-refractivity contribution < 1.29 is 13.2 Å². The lowest BCUT2D eigenvalue weighted by Crippen LogP contribution is -2.13. The van der Waals surface area contributed by atoms with E-state index in [1.807, 2.05) is 26.0 Å². The number of rotatable bonds is 5. The fourth-order valence-electron chi connectivity index (χ4n) is 1.68. The van der Waals surface area contributed by atoms with Crippen molar-refractivity contribution in [2.75, 3.05) is 18.6 Å². The first kappa shape index (κ1) is 14.0. The third kappa shape index (κ3) is 4.36. The third-order valence-corrected chi connectivity index (χ3v) is 3.36. The molecule has 0 saturated carbocycles. The van der Waals surface area contributed by atoms with Crippen LogP contribution in [0.4, 0.5) is 0 Å². The van der Waals surface area contributed by atoms with Gasteiger partial charge in [0.25, 0.3) is 0 Å². The number of hydrogen-bond donors (Lipinski definition) is 1. The van der Waals surface area contributed by atoms with Crippen molar-refractivity contribution in [2.45, 2.75) is 20.4 Å². The highest BCUT2D eigenvalue weighted by molar-refractivity contribution is 7.90. The van der Waals surface area contributed by atoms with E-state index in [2.05, 4.69) is 0 Å². The summed E-state index contributed by atoms with van der Waals surface area (Å²) in [5.41, 5.74) is 8.60. The van der Waals surface area contributed by atoms with E-state index < -0.39 is 9.84 Å². The molecule has 0 atom stereocenters. The van der Waals surface area contributed by atoms with Crippen LogP contribution in [0.3, 0.4) is 0 Å². The van der Waals surface area contributed by atoms with E-state index >= 15 is 0 Å². The van der Waals surface area contributed by atoms with Crippen LogP contribution in [0.5, 0.6) is 5.75 Å². The molecule has 0 fully saturated rings. The summed E-state index contributed by atoms with van der Waals surface area (Å²) in [7, 11) is -2.98. The summed E-state index contributed by atoms with van der Waals surface area (Å²) in [6.45, 7) is 4.54. The molecule has 0 amide bonds. The van der Waals surface area contributed by atoms with Gasteiger partial charge in [0.2, 0.25) is 0 Å². The monoisotopic (exact) mass is 257 g/mol. The molecule has 0 saturated heterocycles. The van der Waals surface area contributed by atoms with E-state index in [1.54, 1.807) is 0 Å². The summed E-state index contributed by atoms with van der Waals surface area (Å²) >= 11 is 0. The lowest BCUT2D eigenvalue weighted by atomic mass is 10.1. The first-order valence-corrected chi connectivity index (χ1v) is 7.50. The Morgan fingerprint density at radius 2 is 1.76 bits per heavy atom. The van der Waals surface area contributed by atoms with Crippen LogP contribution in [0.25, 0.3) is 0 Å². The average molecular weight is 257 g/mol. The Kier molecular flexibility index (Phi) is 4.54. The first-order chi connectivity index (χ1) is 7.83. The topological polar surface area (TPSA) is 69.4 Å². The SMILES string of the molecule is Cc1cc(CN)cc(C)c1OCCS(C)(=O)=O. The molecule has 1 aromatic carbocycles. The van der Waals surface area contributed by atoms with E-state index in [9.17, 15) is 8.42 Å². The van der Waals surface area contributed by atoms with Crippen molar-refractivity contribution in [3.63, 3.8) is 0 Å². The van der Waals surface area contributed by atoms with Crippen molar-refractivity contribution in [1.82, 2.24) is 0 Å². The van der Waals surface area contributed by atoms with Crippen molar-refractivity contribution in [1.29, 1.82) is 0 Å². The number of aryl methyl sites for hydroxylation is 2. The third-order valence-electron chi connectivity index (χ3n) is 2.46. The van der Waals surface area contributed by atoms with Gasteiger partial charge in [-0.05, 0) is 30.5 Å². The molecule has 0 aliphatic heterocycles. The zero-order valence-corrected chi connectivity index (χ0v) is 11.3.